The Kier molecular flexibility index (Phi) is 5.99. The van der Waals surface area contributed by atoms with Gasteiger partial charge in [0, 0.05) is 48.2 Å². The number of benzene rings is 2. The van der Waals surface area contributed by atoms with Crippen molar-refractivity contribution in [1.82, 2.24) is 20.1 Å². The molecule has 2 aromatic carbocycles. The van der Waals surface area contributed by atoms with Gasteiger partial charge in [-0.25, -0.2) is 4.68 Å². The number of nitrogens with zero attached hydrogens (tertiary/aromatic N) is 3. The van der Waals surface area contributed by atoms with E-state index in [4.69, 9.17) is 14.6 Å². The fourth-order valence-corrected chi connectivity index (χ4v) is 4.15. The van der Waals surface area contributed by atoms with Crippen molar-refractivity contribution in [1.29, 1.82) is 0 Å². The standard InChI is InChI=1S/C27H26N4O3/c1-3-33-24-13-20-12-18(2)34-25(20)14-21(24)16-29-27(32)23-17-31(22-9-5-4-6-10-22)30-26(23)19-8-7-11-28-15-19/h4-11,13-15,17-18H,3,12,16H2,1-2H3,(H,29,32)/t18-/m0/s1. The number of para-hydroxylation sites is 1. The van der Waals surface area contributed by atoms with Crippen molar-refractivity contribution in [3.8, 4) is 28.4 Å². The molecule has 7 heteroatoms. The van der Waals surface area contributed by atoms with Gasteiger partial charge in [-0.2, -0.15) is 5.10 Å². The number of fused-ring (bicyclic) bond motifs is 1. The minimum Gasteiger partial charge on any atom is -0.494 e. The van der Waals surface area contributed by atoms with Crippen LogP contribution in [0.1, 0.15) is 35.3 Å². The van der Waals surface area contributed by atoms with E-state index < -0.39 is 0 Å². The summed E-state index contributed by atoms with van der Waals surface area (Å²) >= 11 is 0. The molecule has 0 saturated carbocycles. The molecule has 1 aliphatic rings. The van der Waals surface area contributed by atoms with Gasteiger partial charge in [-0.05, 0) is 50.2 Å². The van der Waals surface area contributed by atoms with Gasteiger partial charge in [-0.1, -0.05) is 18.2 Å². The summed E-state index contributed by atoms with van der Waals surface area (Å²) in [5.74, 6) is 1.40. The Morgan fingerprint density at radius 1 is 1.21 bits per heavy atom. The second kappa shape index (κ2) is 9.39. The molecule has 172 valence electrons. The average molecular weight is 455 g/mol. The first-order valence-electron chi connectivity index (χ1n) is 11.4. The molecule has 1 atom stereocenters. The molecule has 34 heavy (non-hydrogen) atoms. The fourth-order valence-electron chi connectivity index (χ4n) is 4.15. The molecular weight excluding hydrogens is 428 g/mol. The predicted molar refractivity (Wildman–Crippen MR) is 129 cm³/mol. The van der Waals surface area contributed by atoms with Gasteiger partial charge >= 0.3 is 0 Å². The van der Waals surface area contributed by atoms with Gasteiger partial charge in [0.2, 0.25) is 0 Å². The van der Waals surface area contributed by atoms with E-state index in [0.717, 1.165) is 40.3 Å². The molecule has 0 radical (unpaired) electrons. The maximum absolute atomic E-state index is 13.4. The number of amides is 1. The van der Waals surface area contributed by atoms with Gasteiger partial charge < -0.3 is 14.8 Å². The van der Waals surface area contributed by atoms with Crippen molar-refractivity contribution in [3.05, 3.63) is 89.9 Å². The van der Waals surface area contributed by atoms with Crippen LogP contribution in [0.25, 0.3) is 16.9 Å². The van der Waals surface area contributed by atoms with Crippen LogP contribution in [0, 0.1) is 0 Å². The summed E-state index contributed by atoms with van der Waals surface area (Å²) in [6.07, 6.45) is 6.16. The van der Waals surface area contributed by atoms with Crippen LogP contribution in [-0.2, 0) is 13.0 Å². The lowest BCUT2D eigenvalue weighted by Crippen LogP contribution is -2.23. The molecule has 1 aliphatic heterocycles. The second-order valence-corrected chi connectivity index (χ2v) is 8.23. The number of nitrogens with one attached hydrogen (secondary N) is 1. The minimum atomic E-state index is -0.224. The summed E-state index contributed by atoms with van der Waals surface area (Å²) in [5.41, 5.74) is 4.70. The van der Waals surface area contributed by atoms with E-state index in [-0.39, 0.29) is 12.0 Å². The number of ether oxygens (including phenoxy) is 2. The summed E-state index contributed by atoms with van der Waals surface area (Å²) in [6.45, 7) is 4.85. The maximum atomic E-state index is 13.4. The molecule has 0 spiro atoms. The zero-order valence-corrected chi connectivity index (χ0v) is 19.2. The van der Waals surface area contributed by atoms with Crippen LogP contribution in [-0.4, -0.2) is 33.4 Å². The first kappa shape index (κ1) is 21.7. The lowest BCUT2D eigenvalue weighted by molar-refractivity contribution is 0.0951. The highest BCUT2D eigenvalue weighted by molar-refractivity contribution is 5.99. The Morgan fingerprint density at radius 3 is 2.82 bits per heavy atom. The van der Waals surface area contributed by atoms with E-state index in [1.165, 1.54) is 0 Å². The van der Waals surface area contributed by atoms with Crippen molar-refractivity contribution in [2.45, 2.75) is 32.9 Å². The molecule has 7 nitrogen and oxygen atoms in total. The van der Waals surface area contributed by atoms with Gasteiger partial charge in [0.1, 0.15) is 23.3 Å². The monoisotopic (exact) mass is 454 g/mol. The SMILES string of the molecule is CCOc1cc2c(cc1CNC(=O)c1cn(-c3ccccc3)nc1-c1cccnc1)O[C@@H](C)C2. The third-order valence-corrected chi connectivity index (χ3v) is 5.73. The summed E-state index contributed by atoms with van der Waals surface area (Å²) in [4.78, 5) is 17.6. The molecule has 4 aromatic rings. The van der Waals surface area contributed by atoms with Crippen LogP contribution in [0.4, 0.5) is 0 Å². The topological polar surface area (TPSA) is 78.3 Å². The highest BCUT2D eigenvalue weighted by atomic mass is 16.5. The van der Waals surface area contributed by atoms with E-state index >= 15 is 0 Å². The van der Waals surface area contributed by atoms with Crippen LogP contribution >= 0.6 is 0 Å². The summed E-state index contributed by atoms with van der Waals surface area (Å²) in [5, 5.41) is 7.74. The number of rotatable bonds is 7. The van der Waals surface area contributed by atoms with Crippen molar-refractivity contribution in [2.75, 3.05) is 6.61 Å². The highest BCUT2D eigenvalue weighted by Crippen LogP contribution is 2.35. The maximum Gasteiger partial charge on any atom is 0.255 e. The number of aromatic nitrogens is 3. The van der Waals surface area contributed by atoms with Crippen LogP contribution in [0.2, 0.25) is 0 Å². The molecule has 1 amide bonds. The number of hydrogen-bond donors (Lipinski definition) is 1. The Balaban J connectivity index is 1.44. The van der Waals surface area contributed by atoms with Crippen molar-refractivity contribution < 1.29 is 14.3 Å². The van der Waals surface area contributed by atoms with Crippen LogP contribution in [0.5, 0.6) is 11.5 Å². The number of hydrogen-bond acceptors (Lipinski definition) is 5. The van der Waals surface area contributed by atoms with Crippen molar-refractivity contribution in [2.24, 2.45) is 0 Å². The number of pyridine rings is 1. The van der Waals surface area contributed by atoms with E-state index in [1.807, 2.05) is 68.4 Å². The molecule has 1 N–H and O–H groups in total. The van der Waals surface area contributed by atoms with E-state index in [9.17, 15) is 4.79 Å². The normalized spacial score (nSPS) is 14.4. The van der Waals surface area contributed by atoms with Gasteiger partial charge in [-0.15, -0.1) is 0 Å². The lowest BCUT2D eigenvalue weighted by atomic mass is 10.1. The molecule has 0 unspecified atom stereocenters. The van der Waals surface area contributed by atoms with Crippen molar-refractivity contribution in [3.63, 3.8) is 0 Å². The summed E-state index contributed by atoms with van der Waals surface area (Å²) < 4.78 is 13.5. The smallest absolute Gasteiger partial charge is 0.255 e. The molecule has 2 aromatic heterocycles. The van der Waals surface area contributed by atoms with E-state index in [1.54, 1.807) is 23.3 Å². The second-order valence-electron chi connectivity index (χ2n) is 8.23. The molecule has 5 rings (SSSR count). The van der Waals surface area contributed by atoms with Gasteiger partial charge in [-0.3, -0.25) is 9.78 Å². The molecule has 3 heterocycles. The Bertz CT molecular complexity index is 1300. The molecular formula is C27H26N4O3. The van der Waals surface area contributed by atoms with E-state index in [0.29, 0.717) is 24.4 Å². The molecule has 0 saturated heterocycles. The lowest BCUT2D eigenvalue weighted by Gasteiger charge is -2.13. The highest BCUT2D eigenvalue weighted by Gasteiger charge is 2.23. The quantitative estimate of drug-likeness (QED) is 0.442. The predicted octanol–water partition coefficient (Wildman–Crippen LogP) is 4.59. The van der Waals surface area contributed by atoms with Crippen LogP contribution in [0.15, 0.2) is 73.2 Å². The Hall–Kier alpha value is -4.13. The number of carbonyl (C=O) groups is 1. The molecule has 0 bridgehead atoms. The molecule has 0 aliphatic carbocycles. The summed E-state index contributed by atoms with van der Waals surface area (Å²) in [6, 6.07) is 17.4. The zero-order valence-electron chi connectivity index (χ0n) is 19.2. The summed E-state index contributed by atoms with van der Waals surface area (Å²) in [7, 11) is 0. The van der Waals surface area contributed by atoms with E-state index in [2.05, 4.69) is 10.3 Å². The Labute approximate surface area is 198 Å². The van der Waals surface area contributed by atoms with Gasteiger partial charge in [0.15, 0.2) is 0 Å². The number of carbonyl (C=O) groups excluding carboxylic acids is 1. The Morgan fingerprint density at radius 2 is 2.06 bits per heavy atom. The zero-order chi connectivity index (χ0) is 23.5. The largest absolute Gasteiger partial charge is 0.494 e. The van der Waals surface area contributed by atoms with Crippen LogP contribution in [0.3, 0.4) is 0 Å². The fraction of sp³-hybridized carbons (Fsp3) is 0.222. The first-order chi connectivity index (χ1) is 16.6. The molecule has 0 fully saturated rings. The van der Waals surface area contributed by atoms with Crippen molar-refractivity contribution >= 4 is 5.91 Å². The third-order valence-electron chi connectivity index (χ3n) is 5.73. The minimum absolute atomic E-state index is 0.139. The first-order valence-corrected chi connectivity index (χ1v) is 11.4. The average Bonchev–Trinajstić information content (AvgIpc) is 3.47. The van der Waals surface area contributed by atoms with Gasteiger partial charge in [0.05, 0.1) is 17.9 Å². The van der Waals surface area contributed by atoms with Crippen LogP contribution < -0.4 is 14.8 Å². The third kappa shape index (κ3) is 4.37. The van der Waals surface area contributed by atoms with Gasteiger partial charge in [0.25, 0.3) is 5.91 Å².